The lowest BCUT2D eigenvalue weighted by Gasteiger charge is -2.38. The summed E-state index contributed by atoms with van der Waals surface area (Å²) in [7, 11) is 0. The smallest absolute Gasteiger partial charge is 0.338 e. The molecule has 1 saturated heterocycles. The normalized spacial score (nSPS) is 19.9. The quantitative estimate of drug-likeness (QED) is 0.626. The number of esters is 1. The zero-order chi connectivity index (χ0) is 16.4. The molecule has 7 heteroatoms. The highest BCUT2D eigenvalue weighted by Gasteiger charge is 2.37. The first-order chi connectivity index (χ1) is 11.2. The van der Waals surface area contributed by atoms with E-state index in [-0.39, 0.29) is 17.8 Å². The first kappa shape index (κ1) is 15.4. The predicted molar refractivity (Wildman–Crippen MR) is 90.3 cm³/mol. The molecule has 1 atom stereocenters. The summed E-state index contributed by atoms with van der Waals surface area (Å²) in [5.74, 6) is -0.345. The van der Waals surface area contributed by atoms with Gasteiger partial charge in [0.05, 0.1) is 17.9 Å². The molecule has 0 aromatic heterocycles. The number of carbonyl (C=O) groups excluding carboxylic acids is 1. The van der Waals surface area contributed by atoms with Crippen molar-refractivity contribution in [2.24, 2.45) is 5.10 Å². The summed E-state index contributed by atoms with van der Waals surface area (Å²) in [4.78, 5) is 14.3. The molecule has 23 heavy (non-hydrogen) atoms. The van der Waals surface area contributed by atoms with E-state index in [1.807, 2.05) is 22.0 Å². The second-order valence-electron chi connectivity index (χ2n) is 5.29. The lowest BCUT2D eigenvalue weighted by atomic mass is 10.2. The third-order valence-electron chi connectivity index (χ3n) is 3.92. The number of hydrazone groups is 1. The number of carbonyl (C=O) groups is 1. The van der Waals surface area contributed by atoms with E-state index >= 15 is 0 Å². The molecule has 1 fully saturated rings. The summed E-state index contributed by atoms with van der Waals surface area (Å²) in [5.41, 5.74) is 1.58. The monoisotopic (exact) mass is 328 g/mol. The van der Waals surface area contributed by atoms with Gasteiger partial charge >= 0.3 is 5.97 Å². The van der Waals surface area contributed by atoms with Crippen molar-refractivity contribution in [2.45, 2.75) is 25.9 Å². The first-order valence-corrected chi connectivity index (χ1v) is 7.92. The van der Waals surface area contributed by atoms with Crippen molar-refractivity contribution in [1.29, 1.82) is 5.26 Å². The van der Waals surface area contributed by atoms with Gasteiger partial charge in [-0.15, -0.1) is 0 Å². The zero-order valence-electron chi connectivity index (χ0n) is 12.7. The van der Waals surface area contributed by atoms with E-state index in [0.29, 0.717) is 17.2 Å². The fraction of sp³-hybridized carbons (Fsp3) is 0.375. The molecular formula is C16H16N4O2S. The molecule has 1 aromatic rings. The molecule has 6 nitrogen and oxygen atoms in total. The van der Waals surface area contributed by atoms with Crippen LogP contribution < -0.4 is 5.01 Å². The number of thiocarbonyl (C=S) groups is 1. The Morgan fingerprint density at radius 1 is 1.48 bits per heavy atom. The number of hydrogen-bond acceptors (Lipinski definition) is 6. The van der Waals surface area contributed by atoms with Gasteiger partial charge in [0.1, 0.15) is 17.2 Å². The Hall–Kier alpha value is -2.46. The summed E-state index contributed by atoms with van der Waals surface area (Å²) >= 11 is 5.34. The van der Waals surface area contributed by atoms with Gasteiger partial charge in [-0.1, -0.05) is 12.2 Å². The van der Waals surface area contributed by atoms with E-state index in [0.717, 1.165) is 25.1 Å². The molecule has 3 rings (SSSR count). The fourth-order valence-electron chi connectivity index (χ4n) is 2.86. The number of anilines is 1. The van der Waals surface area contributed by atoms with Gasteiger partial charge in [-0.25, -0.2) is 9.80 Å². The minimum atomic E-state index is -0.345. The highest BCUT2D eigenvalue weighted by atomic mass is 32.1. The maximum absolute atomic E-state index is 11.7. The molecular weight excluding hydrogens is 312 g/mol. The molecule has 0 aliphatic carbocycles. The van der Waals surface area contributed by atoms with E-state index in [9.17, 15) is 10.1 Å². The van der Waals surface area contributed by atoms with E-state index in [2.05, 4.69) is 11.2 Å². The zero-order valence-corrected chi connectivity index (χ0v) is 13.5. The molecule has 1 aromatic carbocycles. The number of nitrogens with zero attached hydrogens (tertiary/aromatic N) is 4. The van der Waals surface area contributed by atoms with Crippen LogP contribution in [0.4, 0.5) is 5.69 Å². The molecule has 0 saturated carbocycles. The predicted octanol–water partition coefficient (Wildman–Crippen LogP) is 2.31. The van der Waals surface area contributed by atoms with Gasteiger partial charge in [-0.2, -0.15) is 10.4 Å². The summed E-state index contributed by atoms with van der Waals surface area (Å²) < 4.78 is 4.98. The lowest BCUT2D eigenvalue weighted by molar-refractivity contribution is 0.0526. The van der Waals surface area contributed by atoms with E-state index in [1.54, 1.807) is 19.1 Å². The molecule has 2 aliphatic heterocycles. The van der Waals surface area contributed by atoms with Crippen molar-refractivity contribution in [3.63, 3.8) is 0 Å². The van der Waals surface area contributed by atoms with Gasteiger partial charge in [0.15, 0.2) is 5.71 Å². The van der Waals surface area contributed by atoms with Gasteiger partial charge in [0.25, 0.3) is 0 Å². The Morgan fingerprint density at radius 2 is 2.22 bits per heavy atom. The largest absolute Gasteiger partial charge is 0.462 e. The number of hydrogen-bond donors (Lipinski definition) is 0. The number of nitriles is 1. The Labute approximate surface area is 139 Å². The average Bonchev–Trinajstić information content (AvgIpc) is 3.06. The molecule has 0 radical (unpaired) electrons. The third kappa shape index (κ3) is 2.78. The minimum Gasteiger partial charge on any atom is -0.462 e. The SMILES string of the molecule is CCOC(=O)c1ccc(N2N=C(C#N)C(=S)N3CCCC32)cc1. The maximum atomic E-state index is 11.7. The standard InChI is InChI=1S/C16H16N4O2S/c1-2-22-16(21)11-5-7-12(8-6-11)20-14-4-3-9-19(14)15(23)13(10-17)18-20/h5-8,14H,2-4,9H2,1H3. The number of benzene rings is 1. The van der Waals surface area contributed by atoms with Crippen molar-refractivity contribution in [3.05, 3.63) is 29.8 Å². The highest BCUT2D eigenvalue weighted by Crippen LogP contribution is 2.30. The van der Waals surface area contributed by atoms with Crippen LogP contribution >= 0.6 is 12.2 Å². The van der Waals surface area contributed by atoms with Crippen LogP contribution in [-0.2, 0) is 4.74 Å². The molecule has 2 aliphatic rings. The van der Waals surface area contributed by atoms with Crippen LogP contribution in [0.25, 0.3) is 0 Å². The van der Waals surface area contributed by atoms with Crippen LogP contribution in [0.3, 0.4) is 0 Å². The van der Waals surface area contributed by atoms with Crippen molar-refractivity contribution < 1.29 is 9.53 Å². The van der Waals surface area contributed by atoms with Gasteiger partial charge in [-0.05, 0) is 44.0 Å². The second kappa shape index (κ2) is 6.34. The fourth-order valence-corrected chi connectivity index (χ4v) is 3.16. The van der Waals surface area contributed by atoms with Crippen LogP contribution in [-0.4, -0.2) is 40.9 Å². The second-order valence-corrected chi connectivity index (χ2v) is 5.68. The van der Waals surface area contributed by atoms with Crippen LogP contribution in [0.5, 0.6) is 0 Å². The summed E-state index contributed by atoms with van der Waals surface area (Å²) in [6.07, 6.45) is 1.98. The van der Waals surface area contributed by atoms with Gasteiger partial charge in [0, 0.05) is 6.54 Å². The number of rotatable bonds is 3. The van der Waals surface area contributed by atoms with Crippen molar-refractivity contribution in [1.82, 2.24) is 4.90 Å². The number of fused-ring (bicyclic) bond motifs is 1. The van der Waals surface area contributed by atoms with Gasteiger partial charge in [0.2, 0.25) is 0 Å². The third-order valence-corrected chi connectivity index (χ3v) is 4.35. The molecule has 0 N–H and O–H groups in total. The van der Waals surface area contributed by atoms with Crippen LogP contribution in [0.1, 0.15) is 30.1 Å². The Morgan fingerprint density at radius 3 is 2.87 bits per heavy atom. The van der Waals surface area contributed by atoms with E-state index < -0.39 is 0 Å². The summed E-state index contributed by atoms with van der Waals surface area (Å²) in [5, 5.41) is 15.4. The molecule has 1 unspecified atom stereocenters. The summed E-state index contributed by atoms with van der Waals surface area (Å²) in [6, 6.07) is 9.11. The molecule has 118 valence electrons. The molecule has 0 bridgehead atoms. The first-order valence-electron chi connectivity index (χ1n) is 7.51. The Kier molecular flexibility index (Phi) is 4.26. The molecule has 0 amide bonds. The average molecular weight is 328 g/mol. The topological polar surface area (TPSA) is 68.9 Å². The van der Waals surface area contributed by atoms with Gasteiger partial charge in [-0.3, -0.25) is 0 Å². The van der Waals surface area contributed by atoms with Gasteiger partial charge < -0.3 is 9.64 Å². The minimum absolute atomic E-state index is 0.0352. The maximum Gasteiger partial charge on any atom is 0.338 e. The highest BCUT2D eigenvalue weighted by molar-refractivity contribution is 7.82. The van der Waals surface area contributed by atoms with E-state index in [4.69, 9.17) is 17.0 Å². The van der Waals surface area contributed by atoms with Crippen molar-refractivity contribution in [3.8, 4) is 6.07 Å². The van der Waals surface area contributed by atoms with Crippen LogP contribution in [0.2, 0.25) is 0 Å². The van der Waals surface area contributed by atoms with Crippen LogP contribution in [0, 0.1) is 11.3 Å². The molecule has 0 spiro atoms. The van der Waals surface area contributed by atoms with Crippen molar-refractivity contribution in [2.75, 3.05) is 18.2 Å². The molecule has 2 heterocycles. The Balaban J connectivity index is 1.91. The van der Waals surface area contributed by atoms with Crippen molar-refractivity contribution >= 4 is 34.6 Å². The number of ether oxygens (including phenoxy) is 1. The lowest BCUT2D eigenvalue weighted by Crippen LogP contribution is -2.51. The summed E-state index contributed by atoms with van der Waals surface area (Å²) in [6.45, 7) is 2.95. The van der Waals surface area contributed by atoms with Crippen LogP contribution in [0.15, 0.2) is 29.4 Å². The van der Waals surface area contributed by atoms with E-state index in [1.165, 1.54) is 0 Å². The Bertz CT molecular complexity index is 708.